The van der Waals surface area contributed by atoms with Crippen LogP contribution in [0.2, 0.25) is 0 Å². The fourth-order valence-electron chi connectivity index (χ4n) is 2.37. The smallest absolute Gasteiger partial charge is 0.127 e. The van der Waals surface area contributed by atoms with Gasteiger partial charge in [-0.25, -0.2) is 4.39 Å². The Labute approximate surface area is 101 Å². The van der Waals surface area contributed by atoms with Crippen LogP contribution in [0.1, 0.15) is 12.5 Å². The first-order chi connectivity index (χ1) is 8.04. The van der Waals surface area contributed by atoms with Gasteiger partial charge in [-0.15, -0.1) is 0 Å². The van der Waals surface area contributed by atoms with Crippen molar-refractivity contribution in [1.82, 2.24) is 9.80 Å². The molecule has 1 atom stereocenters. The molecule has 0 radical (unpaired) electrons. The van der Waals surface area contributed by atoms with Gasteiger partial charge in [0.15, 0.2) is 0 Å². The van der Waals surface area contributed by atoms with Gasteiger partial charge in [0.2, 0.25) is 0 Å². The fraction of sp³-hybridized carbons (Fsp3) is 0.538. The molecule has 1 N–H and O–H groups in total. The fourth-order valence-corrected chi connectivity index (χ4v) is 2.37. The van der Waals surface area contributed by atoms with E-state index in [9.17, 15) is 9.50 Å². The minimum Gasteiger partial charge on any atom is -0.508 e. The summed E-state index contributed by atoms with van der Waals surface area (Å²) in [5, 5.41) is 9.36. The van der Waals surface area contributed by atoms with Gasteiger partial charge in [0, 0.05) is 38.3 Å². The van der Waals surface area contributed by atoms with E-state index >= 15 is 0 Å². The van der Waals surface area contributed by atoms with Crippen molar-refractivity contribution in [2.24, 2.45) is 0 Å². The summed E-state index contributed by atoms with van der Waals surface area (Å²) in [6, 6.07) is 4.72. The first-order valence-electron chi connectivity index (χ1n) is 5.95. The highest BCUT2D eigenvalue weighted by Crippen LogP contribution is 2.18. The molecule has 1 aromatic carbocycles. The maximum atomic E-state index is 13.2. The molecular formula is C13H19FN2O. The van der Waals surface area contributed by atoms with Gasteiger partial charge in [-0.2, -0.15) is 0 Å². The van der Waals surface area contributed by atoms with Crippen molar-refractivity contribution in [3.8, 4) is 5.75 Å². The number of benzene rings is 1. The van der Waals surface area contributed by atoms with Crippen molar-refractivity contribution >= 4 is 0 Å². The maximum absolute atomic E-state index is 13.2. The summed E-state index contributed by atoms with van der Waals surface area (Å²) in [6.07, 6.45) is 0. The highest BCUT2D eigenvalue weighted by Gasteiger charge is 2.21. The summed E-state index contributed by atoms with van der Waals surface area (Å²) >= 11 is 0. The molecule has 4 heteroatoms. The monoisotopic (exact) mass is 238 g/mol. The van der Waals surface area contributed by atoms with Crippen LogP contribution >= 0.6 is 0 Å². The lowest BCUT2D eigenvalue weighted by molar-refractivity contribution is 0.0937. The molecule has 0 amide bonds. The Morgan fingerprint density at radius 2 is 2.12 bits per heavy atom. The molecule has 3 nitrogen and oxygen atoms in total. The molecule has 1 aliphatic heterocycles. The summed E-state index contributed by atoms with van der Waals surface area (Å²) in [6.45, 7) is 5.91. The van der Waals surface area contributed by atoms with Crippen LogP contribution < -0.4 is 0 Å². The molecule has 94 valence electrons. The third-order valence-corrected chi connectivity index (χ3v) is 3.30. The number of hydrogen-bond acceptors (Lipinski definition) is 3. The van der Waals surface area contributed by atoms with Gasteiger partial charge in [0.25, 0.3) is 0 Å². The number of hydrogen-bond donors (Lipinski definition) is 1. The summed E-state index contributed by atoms with van der Waals surface area (Å²) in [5.74, 6) is -0.372. The standard InChI is InChI=1S/C13H19FN2O/c1-10-8-15(2)3-4-16(10)9-11-5-12(14)7-13(17)6-11/h5-7,10,17H,3-4,8-9H2,1-2H3. The summed E-state index contributed by atoms with van der Waals surface area (Å²) in [4.78, 5) is 4.61. The lowest BCUT2D eigenvalue weighted by atomic mass is 10.1. The third kappa shape index (κ3) is 3.17. The number of aromatic hydroxyl groups is 1. The molecule has 1 heterocycles. The molecule has 1 aromatic rings. The zero-order valence-corrected chi connectivity index (χ0v) is 10.4. The lowest BCUT2D eigenvalue weighted by Crippen LogP contribution is -2.49. The Kier molecular flexibility index (Phi) is 3.64. The molecule has 0 bridgehead atoms. The van der Waals surface area contributed by atoms with E-state index in [4.69, 9.17) is 0 Å². The molecule has 0 spiro atoms. The lowest BCUT2D eigenvalue weighted by Gasteiger charge is -2.38. The number of phenolic OH excluding ortho intramolecular Hbond substituents is 1. The van der Waals surface area contributed by atoms with Crippen molar-refractivity contribution in [3.63, 3.8) is 0 Å². The van der Waals surface area contributed by atoms with Crippen molar-refractivity contribution in [3.05, 3.63) is 29.6 Å². The minimum atomic E-state index is -0.373. The van der Waals surface area contributed by atoms with Crippen molar-refractivity contribution in [2.75, 3.05) is 26.7 Å². The number of rotatable bonds is 2. The second-order valence-corrected chi connectivity index (χ2v) is 4.90. The first kappa shape index (κ1) is 12.3. The van der Waals surface area contributed by atoms with E-state index in [0.717, 1.165) is 31.3 Å². The second-order valence-electron chi connectivity index (χ2n) is 4.90. The van der Waals surface area contributed by atoms with Gasteiger partial charge < -0.3 is 10.0 Å². The molecule has 2 rings (SSSR count). The van der Waals surface area contributed by atoms with E-state index in [1.807, 2.05) is 0 Å². The Morgan fingerprint density at radius 3 is 2.76 bits per heavy atom. The Bertz CT molecular complexity index is 377. The molecule has 0 saturated carbocycles. The molecule has 1 unspecified atom stereocenters. The van der Waals surface area contributed by atoms with E-state index in [-0.39, 0.29) is 11.6 Å². The molecule has 17 heavy (non-hydrogen) atoms. The molecule has 1 aliphatic rings. The minimum absolute atomic E-state index is 0.00165. The highest BCUT2D eigenvalue weighted by atomic mass is 19.1. The molecular weight excluding hydrogens is 219 g/mol. The van der Waals surface area contributed by atoms with Crippen LogP contribution in [-0.2, 0) is 6.54 Å². The van der Waals surface area contributed by atoms with E-state index in [1.54, 1.807) is 6.07 Å². The van der Waals surface area contributed by atoms with Gasteiger partial charge in [-0.3, -0.25) is 4.90 Å². The van der Waals surface area contributed by atoms with Crippen LogP contribution in [0, 0.1) is 5.82 Å². The summed E-state index contributed by atoms with van der Waals surface area (Å²) in [7, 11) is 2.11. The quantitative estimate of drug-likeness (QED) is 0.849. The Hall–Kier alpha value is -1.13. The molecule has 0 aliphatic carbocycles. The van der Waals surface area contributed by atoms with Crippen LogP contribution in [0.15, 0.2) is 18.2 Å². The zero-order valence-electron chi connectivity index (χ0n) is 10.4. The Balaban J connectivity index is 2.05. The number of phenols is 1. The van der Waals surface area contributed by atoms with Crippen LogP contribution in [-0.4, -0.2) is 47.6 Å². The van der Waals surface area contributed by atoms with E-state index in [2.05, 4.69) is 23.8 Å². The molecule has 1 fully saturated rings. The zero-order chi connectivity index (χ0) is 12.4. The van der Waals surface area contributed by atoms with Gasteiger partial charge in [-0.1, -0.05) is 0 Å². The average Bonchev–Trinajstić information content (AvgIpc) is 2.21. The van der Waals surface area contributed by atoms with Gasteiger partial charge in [0.05, 0.1) is 0 Å². The number of piperazine rings is 1. The summed E-state index contributed by atoms with van der Waals surface area (Å²) < 4.78 is 13.2. The van der Waals surface area contributed by atoms with Gasteiger partial charge >= 0.3 is 0 Å². The topological polar surface area (TPSA) is 26.7 Å². The number of halogens is 1. The average molecular weight is 238 g/mol. The third-order valence-electron chi connectivity index (χ3n) is 3.30. The maximum Gasteiger partial charge on any atom is 0.127 e. The molecule has 1 saturated heterocycles. The predicted octanol–water partition coefficient (Wildman–Crippen LogP) is 1.67. The number of likely N-dealkylation sites (N-methyl/N-ethyl adjacent to an activating group) is 1. The van der Waals surface area contributed by atoms with Gasteiger partial charge in [0.1, 0.15) is 11.6 Å². The van der Waals surface area contributed by atoms with E-state index in [1.165, 1.54) is 6.07 Å². The van der Waals surface area contributed by atoms with Crippen LogP contribution in [0.25, 0.3) is 0 Å². The predicted molar refractivity (Wildman–Crippen MR) is 65.4 cm³/mol. The SMILES string of the molecule is CC1CN(C)CCN1Cc1cc(O)cc(F)c1. The highest BCUT2D eigenvalue weighted by molar-refractivity contribution is 5.28. The van der Waals surface area contributed by atoms with Crippen molar-refractivity contribution < 1.29 is 9.50 Å². The van der Waals surface area contributed by atoms with Crippen molar-refractivity contribution in [2.45, 2.75) is 19.5 Å². The van der Waals surface area contributed by atoms with Crippen molar-refractivity contribution in [1.29, 1.82) is 0 Å². The van der Waals surface area contributed by atoms with Crippen LogP contribution in [0.4, 0.5) is 4.39 Å². The van der Waals surface area contributed by atoms with Crippen LogP contribution in [0.5, 0.6) is 5.75 Å². The van der Waals surface area contributed by atoms with E-state index < -0.39 is 0 Å². The normalized spacial score (nSPS) is 22.9. The van der Waals surface area contributed by atoms with E-state index in [0.29, 0.717) is 12.6 Å². The summed E-state index contributed by atoms with van der Waals surface area (Å²) in [5.41, 5.74) is 0.832. The second kappa shape index (κ2) is 5.02. The molecule has 0 aromatic heterocycles. The number of nitrogens with zero attached hydrogens (tertiary/aromatic N) is 2. The van der Waals surface area contributed by atoms with Gasteiger partial charge in [-0.05, 0) is 31.7 Å². The van der Waals surface area contributed by atoms with Crippen LogP contribution in [0.3, 0.4) is 0 Å². The first-order valence-corrected chi connectivity index (χ1v) is 5.95. The Morgan fingerprint density at radius 1 is 1.35 bits per heavy atom. The largest absolute Gasteiger partial charge is 0.508 e.